The van der Waals surface area contributed by atoms with Crippen molar-refractivity contribution in [2.75, 3.05) is 6.61 Å². The molecule has 120 valence electrons. The molecule has 21 heavy (non-hydrogen) atoms. The number of carbonyl (C=O) groups excluding carboxylic acids is 3. The molecular weight excluding hydrogens is 399 g/mol. The smallest absolute Gasteiger partial charge is 0.303 e. The monoisotopic (exact) mass is 416 g/mol. The topological polar surface area (TPSA) is 108 Å². The number of ether oxygens (including phenoxy) is 4. The average Bonchev–Trinajstić information content (AvgIpc) is 2.35. The second-order valence-corrected chi connectivity index (χ2v) is 5.90. The van der Waals surface area contributed by atoms with Crippen molar-refractivity contribution in [2.45, 2.75) is 49.3 Å². The Bertz CT molecular complexity index is 412. The van der Waals surface area contributed by atoms with E-state index in [9.17, 15) is 19.5 Å². The van der Waals surface area contributed by atoms with Gasteiger partial charge in [0.2, 0.25) is 0 Å². The molecule has 9 heteroatoms. The van der Waals surface area contributed by atoms with Crippen LogP contribution in [0.25, 0.3) is 0 Å². The van der Waals surface area contributed by atoms with Gasteiger partial charge in [-0.2, -0.15) is 0 Å². The molecule has 1 saturated heterocycles. The van der Waals surface area contributed by atoms with Crippen LogP contribution < -0.4 is 0 Å². The molecule has 0 aromatic heterocycles. The molecule has 1 N–H and O–H groups in total. The average molecular weight is 416 g/mol. The third kappa shape index (κ3) is 5.40. The lowest BCUT2D eigenvalue weighted by Crippen LogP contribution is -2.59. The van der Waals surface area contributed by atoms with Crippen molar-refractivity contribution >= 4 is 40.5 Å². The molecule has 8 nitrogen and oxygen atoms in total. The Balaban J connectivity index is 2.94. The molecule has 0 spiro atoms. The van der Waals surface area contributed by atoms with E-state index in [-0.39, 0.29) is 6.61 Å². The summed E-state index contributed by atoms with van der Waals surface area (Å²) in [6.07, 6.45) is -4.06. The Labute approximate surface area is 135 Å². The SMILES string of the molecule is CC(=O)OCC1OC(O)C(I)C(OC(C)=O)C1OC(C)=O. The largest absolute Gasteiger partial charge is 0.463 e. The van der Waals surface area contributed by atoms with E-state index < -0.39 is 46.4 Å². The Kier molecular flexibility index (Phi) is 6.81. The Hall–Kier alpha value is -0.940. The number of aliphatic hydroxyl groups is 1. The second-order valence-electron chi connectivity index (χ2n) is 4.46. The molecule has 5 unspecified atom stereocenters. The van der Waals surface area contributed by atoms with Crippen LogP contribution in [0.2, 0.25) is 0 Å². The van der Waals surface area contributed by atoms with E-state index >= 15 is 0 Å². The number of rotatable bonds is 4. The highest BCUT2D eigenvalue weighted by molar-refractivity contribution is 14.1. The quantitative estimate of drug-likeness (QED) is 0.294. The summed E-state index contributed by atoms with van der Waals surface area (Å²) in [6.45, 7) is 3.38. The Morgan fingerprint density at radius 3 is 2.05 bits per heavy atom. The highest BCUT2D eigenvalue weighted by Gasteiger charge is 2.48. The molecule has 1 aliphatic heterocycles. The summed E-state index contributed by atoms with van der Waals surface area (Å²) in [5.74, 6) is -1.73. The van der Waals surface area contributed by atoms with Crippen LogP contribution >= 0.6 is 22.6 Å². The first-order valence-electron chi connectivity index (χ1n) is 6.17. The van der Waals surface area contributed by atoms with Crippen LogP contribution in [0.4, 0.5) is 0 Å². The molecule has 1 aliphatic rings. The summed E-state index contributed by atoms with van der Waals surface area (Å²) in [5, 5.41) is 9.85. The number of aliphatic hydroxyl groups excluding tert-OH is 1. The van der Waals surface area contributed by atoms with Gasteiger partial charge in [-0.1, -0.05) is 22.6 Å². The molecule has 0 bridgehead atoms. The van der Waals surface area contributed by atoms with Crippen molar-refractivity contribution in [3.8, 4) is 0 Å². The van der Waals surface area contributed by atoms with Gasteiger partial charge in [0.1, 0.15) is 16.6 Å². The van der Waals surface area contributed by atoms with Crippen LogP contribution in [0, 0.1) is 0 Å². The zero-order chi connectivity index (χ0) is 16.2. The molecule has 1 rings (SSSR count). The van der Waals surface area contributed by atoms with E-state index in [0.29, 0.717) is 0 Å². The van der Waals surface area contributed by atoms with Gasteiger partial charge in [-0.15, -0.1) is 0 Å². The van der Waals surface area contributed by atoms with Crippen LogP contribution in [0.3, 0.4) is 0 Å². The van der Waals surface area contributed by atoms with E-state index in [2.05, 4.69) is 0 Å². The first-order chi connectivity index (χ1) is 9.72. The normalized spacial score (nSPS) is 32.1. The number of hydrogen-bond donors (Lipinski definition) is 1. The number of esters is 3. The van der Waals surface area contributed by atoms with E-state index in [0.717, 1.165) is 0 Å². The number of hydrogen-bond acceptors (Lipinski definition) is 8. The van der Waals surface area contributed by atoms with Crippen molar-refractivity contribution in [1.29, 1.82) is 0 Å². The summed E-state index contributed by atoms with van der Waals surface area (Å²) >= 11 is 1.84. The zero-order valence-corrected chi connectivity index (χ0v) is 13.9. The summed E-state index contributed by atoms with van der Waals surface area (Å²) in [5.41, 5.74) is 0. The molecule has 0 aromatic carbocycles. The third-order valence-electron chi connectivity index (χ3n) is 2.65. The number of alkyl halides is 1. The molecular formula is C12H17IO8. The molecule has 5 atom stereocenters. The standard InChI is InChI=1S/C12H17IO8/c1-5(14)18-4-8-10(19-6(2)15)11(20-7(3)16)9(13)12(17)21-8/h8-12,17H,4H2,1-3H3. The van der Waals surface area contributed by atoms with E-state index in [4.69, 9.17) is 18.9 Å². The predicted octanol–water partition coefficient (Wildman–Crippen LogP) is -0.0663. The van der Waals surface area contributed by atoms with Gasteiger partial charge < -0.3 is 24.1 Å². The van der Waals surface area contributed by atoms with E-state index in [1.54, 1.807) is 0 Å². The van der Waals surface area contributed by atoms with Crippen molar-refractivity contribution in [2.24, 2.45) is 0 Å². The summed E-state index contributed by atoms with van der Waals surface area (Å²) in [4.78, 5) is 33.3. The predicted molar refractivity (Wildman–Crippen MR) is 76.4 cm³/mol. The number of halogens is 1. The highest BCUT2D eigenvalue weighted by Crippen LogP contribution is 2.30. The van der Waals surface area contributed by atoms with Gasteiger partial charge in [-0.3, -0.25) is 14.4 Å². The molecule has 0 amide bonds. The summed E-state index contributed by atoms with van der Waals surface area (Å²) in [7, 11) is 0. The second kappa shape index (κ2) is 7.90. The van der Waals surface area contributed by atoms with Gasteiger partial charge in [-0.05, 0) is 0 Å². The van der Waals surface area contributed by atoms with Gasteiger partial charge in [0.05, 0.1) is 0 Å². The van der Waals surface area contributed by atoms with Crippen LogP contribution in [-0.2, 0) is 33.3 Å². The number of carbonyl (C=O) groups is 3. The van der Waals surface area contributed by atoms with Gasteiger partial charge >= 0.3 is 17.9 Å². The fourth-order valence-electron chi connectivity index (χ4n) is 1.88. The van der Waals surface area contributed by atoms with Gasteiger partial charge in [0, 0.05) is 20.8 Å². The minimum absolute atomic E-state index is 0.231. The highest BCUT2D eigenvalue weighted by atomic mass is 127. The molecule has 0 radical (unpaired) electrons. The molecule has 0 aromatic rings. The Morgan fingerprint density at radius 2 is 1.57 bits per heavy atom. The van der Waals surface area contributed by atoms with Crippen molar-refractivity contribution in [3.05, 3.63) is 0 Å². The lowest BCUT2D eigenvalue weighted by Gasteiger charge is -2.41. The molecule has 1 fully saturated rings. The van der Waals surface area contributed by atoms with Gasteiger partial charge in [-0.25, -0.2) is 0 Å². The van der Waals surface area contributed by atoms with Crippen LogP contribution in [0.15, 0.2) is 0 Å². The molecule has 0 saturated carbocycles. The maximum atomic E-state index is 11.2. The maximum Gasteiger partial charge on any atom is 0.303 e. The van der Waals surface area contributed by atoms with Gasteiger partial charge in [0.25, 0.3) is 0 Å². The van der Waals surface area contributed by atoms with Crippen molar-refractivity contribution in [1.82, 2.24) is 0 Å². The third-order valence-corrected chi connectivity index (χ3v) is 3.97. The van der Waals surface area contributed by atoms with Crippen LogP contribution in [0.1, 0.15) is 20.8 Å². The summed E-state index contributed by atoms with van der Waals surface area (Å²) in [6, 6.07) is 0. The lowest BCUT2D eigenvalue weighted by molar-refractivity contribution is -0.246. The maximum absolute atomic E-state index is 11.2. The van der Waals surface area contributed by atoms with Crippen molar-refractivity contribution < 1.29 is 38.4 Å². The Morgan fingerprint density at radius 1 is 1.05 bits per heavy atom. The van der Waals surface area contributed by atoms with Crippen molar-refractivity contribution in [3.63, 3.8) is 0 Å². The lowest BCUT2D eigenvalue weighted by atomic mass is 10.0. The first-order valence-corrected chi connectivity index (χ1v) is 7.42. The molecule has 0 aliphatic carbocycles. The fourth-order valence-corrected chi connectivity index (χ4v) is 2.60. The molecule has 1 heterocycles. The van der Waals surface area contributed by atoms with Crippen LogP contribution in [0.5, 0.6) is 0 Å². The van der Waals surface area contributed by atoms with Crippen LogP contribution in [-0.4, -0.2) is 58.1 Å². The van der Waals surface area contributed by atoms with E-state index in [1.165, 1.54) is 20.8 Å². The fraction of sp³-hybridized carbons (Fsp3) is 0.750. The summed E-state index contributed by atoms with van der Waals surface area (Å²) < 4.78 is 19.7. The first kappa shape index (κ1) is 18.1. The van der Waals surface area contributed by atoms with E-state index in [1.807, 2.05) is 22.6 Å². The van der Waals surface area contributed by atoms with Gasteiger partial charge in [0.15, 0.2) is 18.5 Å². The minimum atomic E-state index is -1.25. The zero-order valence-electron chi connectivity index (χ0n) is 11.8. The minimum Gasteiger partial charge on any atom is -0.463 e.